The Labute approximate surface area is 182 Å². The molecule has 10 heteroatoms. The predicted molar refractivity (Wildman–Crippen MR) is 117 cm³/mol. The number of phenols is 1. The van der Waals surface area contributed by atoms with Crippen LogP contribution < -0.4 is 15.5 Å². The lowest BCUT2D eigenvalue weighted by Gasteiger charge is -2.07. The molecule has 32 heavy (non-hydrogen) atoms. The largest absolute Gasteiger partial charge is 0.507 e. The van der Waals surface area contributed by atoms with E-state index in [4.69, 9.17) is 4.74 Å². The van der Waals surface area contributed by atoms with Gasteiger partial charge in [0.25, 0.3) is 17.5 Å². The second kappa shape index (κ2) is 10.3. The standard InChI is InChI=1S/C22H18N4O6/c27-20-4-2-1-3-19(20)22(29)25-23-13-15-5-11-18(12-6-15)32-14-21(28)24-16-7-9-17(10-8-16)26(30)31/h1-13,27H,14H2,(H,24,28)(H,25,29)/b23-13+. The molecule has 0 spiro atoms. The number of para-hydroxylation sites is 1. The van der Waals surface area contributed by atoms with Gasteiger partial charge in [-0.25, -0.2) is 5.43 Å². The van der Waals surface area contributed by atoms with Crippen molar-refractivity contribution in [1.29, 1.82) is 0 Å². The van der Waals surface area contributed by atoms with Crippen molar-refractivity contribution in [1.82, 2.24) is 5.43 Å². The number of nitro benzene ring substituents is 1. The fraction of sp³-hybridized carbons (Fsp3) is 0.0455. The van der Waals surface area contributed by atoms with Gasteiger partial charge in [-0.2, -0.15) is 5.10 Å². The first-order valence-electron chi connectivity index (χ1n) is 9.31. The van der Waals surface area contributed by atoms with E-state index in [1.54, 1.807) is 36.4 Å². The zero-order valence-electron chi connectivity index (χ0n) is 16.6. The van der Waals surface area contributed by atoms with Crippen LogP contribution in [0.5, 0.6) is 11.5 Å². The highest BCUT2D eigenvalue weighted by Gasteiger charge is 2.09. The Balaban J connectivity index is 1.46. The summed E-state index contributed by atoms with van der Waals surface area (Å²) in [5.74, 6) is -0.659. The van der Waals surface area contributed by atoms with E-state index in [0.29, 0.717) is 17.0 Å². The minimum Gasteiger partial charge on any atom is -0.507 e. The van der Waals surface area contributed by atoms with Crippen molar-refractivity contribution in [3.8, 4) is 11.5 Å². The highest BCUT2D eigenvalue weighted by Crippen LogP contribution is 2.16. The van der Waals surface area contributed by atoms with E-state index in [1.807, 2.05) is 0 Å². The van der Waals surface area contributed by atoms with Crippen LogP contribution in [0, 0.1) is 10.1 Å². The molecule has 2 amide bonds. The number of nitrogens with one attached hydrogen (secondary N) is 2. The maximum Gasteiger partial charge on any atom is 0.275 e. The molecule has 0 heterocycles. The summed E-state index contributed by atoms with van der Waals surface area (Å²) in [5, 5.41) is 26.7. The van der Waals surface area contributed by atoms with Gasteiger partial charge < -0.3 is 15.2 Å². The average molecular weight is 434 g/mol. The molecule has 0 unspecified atom stereocenters. The monoisotopic (exact) mass is 434 g/mol. The molecule has 0 aromatic heterocycles. The Kier molecular flexibility index (Phi) is 7.10. The molecule has 0 radical (unpaired) electrons. The van der Waals surface area contributed by atoms with Crippen LogP contribution >= 0.6 is 0 Å². The fourth-order valence-corrected chi connectivity index (χ4v) is 2.55. The molecule has 3 rings (SSSR count). The number of amides is 2. The average Bonchev–Trinajstić information content (AvgIpc) is 2.79. The number of benzene rings is 3. The number of ether oxygens (including phenoxy) is 1. The van der Waals surface area contributed by atoms with Gasteiger partial charge in [0.05, 0.1) is 16.7 Å². The lowest BCUT2D eigenvalue weighted by molar-refractivity contribution is -0.384. The van der Waals surface area contributed by atoms with Crippen LogP contribution in [0.15, 0.2) is 77.9 Å². The summed E-state index contributed by atoms with van der Waals surface area (Å²) in [5.41, 5.74) is 3.46. The van der Waals surface area contributed by atoms with Gasteiger partial charge in [0.15, 0.2) is 6.61 Å². The summed E-state index contributed by atoms with van der Waals surface area (Å²) in [6, 6.07) is 18.2. The molecule has 3 N–H and O–H groups in total. The van der Waals surface area contributed by atoms with Crippen molar-refractivity contribution >= 4 is 29.4 Å². The third-order valence-corrected chi connectivity index (χ3v) is 4.14. The Hall–Kier alpha value is -4.73. The van der Waals surface area contributed by atoms with E-state index < -0.39 is 16.7 Å². The molecule has 0 atom stereocenters. The van der Waals surface area contributed by atoms with E-state index in [-0.39, 0.29) is 23.6 Å². The van der Waals surface area contributed by atoms with Crippen molar-refractivity contribution in [3.05, 3.63) is 94.0 Å². The third kappa shape index (κ3) is 6.13. The maximum absolute atomic E-state index is 12.0. The van der Waals surface area contributed by atoms with Gasteiger partial charge >= 0.3 is 0 Å². The number of aromatic hydroxyl groups is 1. The summed E-state index contributed by atoms with van der Waals surface area (Å²) >= 11 is 0. The van der Waals surface area contributed by atoms with Gasteiger partial charge in [0.2, 0.25) is 0 Å². The van der Waals surface area contributed by atoms with Crippen molar-refractivity contribution in [2.45, 2.75) is 0 Å². The molecule has 0 bridgehead atoms. The van der Waals surface area contributed by atoms with Crippen LogP contribution in [0.25, 0.3) is 0 Å². The van der Waals surface area contributed by atoms with Crippen LogP contribution in [0.4, 0.5) is 11.4 Å². The Morgan fingerprint density at radius 3 is 2.38 bits per heavy atom. The van der Waals surface area contributed by atoms with E-state index in [0.717, 1.165) is 0 Å². The lowest BCUT2D eigenvalue weighted by atomic mass is 10.2. The smallest absolute Gasteiger partial charge is 0.275 e. The molecule has 10 nitrogen and oxygen atoms in total. The van der Waals surface area contributed by atoms with Crippen LogP contribution in [0.3, 0.4) is 0 Å². The number of nitro groups is 1. The molecule has 0 aliphatic rings. The molecule has 3 aromatic rings. The molecule has 0 saturated carbocycles. The van der Waals surface area contributed by atoms with Crippen LogP contribution in [-0.2, 0) is 4.79 Å². The number of hydrogen-bond acceptors (Lipinski definition) is 7. The Morgan fingerprint density at radius 2 is 1.72 bits per heavy atom. The maximum atomic E-state index is 12.0. The van der Waals surface area contributed by atoms with Gasteiger partial charge in [-0.1, -0.05) is 12.1 Å². The zero-order valence-corrected chi connectivity index (χ0v) is 16.6. The highest BCUT2D eigenvalue weighted by molar-refractivity contribution is 5.97. The quantitative estimate of drug-likeness (QED) is 0.282. The van der Waals surface area contributed by atoms with Crippen molar-refractivity contribution < 1.29 is 24.4 Å². The third-order valence-electron chi connectivity index (χ3n) is 4.14. The highest BCUT2D eigenvalue weighted by atomic mass is 16.6. The summed E-state index contributed by atoms with van der Waals surface area (Å²) in [6.07, 6.45) is 1.42. The van der Waals surface area contributed by atoms with Crippen LogP contribution in [-0.4, -0.2) is 34.7 Å². The van der Waals surface area contributed by atoms with Crippen molar-refractivity contribution in [2.75, 3.05) is 11.9 Å². The second-order valence-corrected chi connectivity index (χ2v) is 6.43. The lowest BCUT2D eigenvalue weighted by Crippen LogP contribution is -2.20. The number of rotatable bonds is 8. The van der Waals surface area contributed by atoms with Crippen LogP contribution in [0.1, 0.15) is 15.9 Å². The van der Waals surface area contributed by atoms with E-state index in [2.05, 4.69) is 15.8 Å². The minimum atomic E-state index is -0.543. The molecular formula is C22H18N4O6. The zero-order chi connectivity index (χ0) is 22.9. The summed E-state index contributed by atoms with van der Waals surface area (Å²) in [7, 11) is 0. The van der Waals surface area contributed by atoms with Crippen molar-refractivity contribution in [3.63, 3.8) is 0 Å². The first kappa shape index (κ1) is 22.0. The fourth-order valence-electron chi connectivity index (χ4n) is 2.55. The van der Waals surface area contributed by atoms with Crippen molar-refractivity contribution in [2.24, 2.45) is 5.10 Å². The molecule has 0 aliphatic heterocycles. The van der Waals surface area contributed by atoms with E-state index >= 15 is 0 Å². The summed E-state index contributed by atoms with van der Waals surface area (Å²) < 4.78 is 5.41. The number of anilines is 1. The topological polar surface area (TPSA) is 143 Å². The number of hydrazone groups is 1. The van der Waals surface area contributed by atoms with Crippen LogP contribution in [0.2, 0.25) is 0 Å². The first-order valence-corrected chi connectivity index (χ1v) is 9.31. The number of carbonyl (C=O) groups excluding carboxylic acids is 2. The molecular weight excluding hydrogens is 416 g/mol. The van der Waals surface area contributed by atoms with Gasteiger partial charge in [0.1, 0.15) is 11.5 Å². The molecule has 162 valence electrons. The number of phenolic OH excluding ortho intramolecular Hbond substituents is 1. The second-order valence-electron chi connectivity index (χ2n) is 6.43. The summed E-state index contributed by atoms with van der Waals surface area (Å²) in [4.78, 5) is 34.0. The number of nitrogens with zero attached hydrogens (tertiary/aromatic N) is 2. The van der Waals surface area contributed by atoms with Gasteiger partial charge in [0, 0.05) is 17.8 Å². The number of non-ortho nitro benzene ring substituents is 1. The predicted octanol–water partition coefficient (Wildman–Crippen LogP) is 3.08. The number of hydrogen-bond donors (Lipinski definition) is 3. The van der Waals surface area contributed by atoms with E-state index in [9.17, 15) is 24.8 Å². The normalized spacial score (nSPS) is 10.5. The van der Waals surface area contributed by atoms with E-state index in [1.165, 1.54) is 42.6 Å². The molecule has 0 saturated heterocycles. The molecule has 0 fully saturated rings. The SMILES string of the molecule is O=C(COc1ccc(/C=N/NC(=O)c2ccccc2O)cc1)Nc1ccc([N+](=O)[O-])cc1. The summed E-state index contributed by atoms with van der Waals surface area (Å²) in [6.45, 7) is -0.249. The minimum absolute atomic E-state index is 0.0688. The Morgan fingerprint density at radius 1 is 1.03 bits per heavy atom. The molecule has 3 aromatic carbocycles. The van der Waals surface area contributed by atoms with Gasteiger partial charge in [-0.15, -0.1) is 0 Å². The molecule has 0 aliphatic carbocycles. The van der Waals surface area contributed by atoms with Gasteiger partial charge in [-0.3, -0.25) is 19.7 Å². The first-order chi connectivity index (χ1) is 15.4. The Bertz CT molecular complexity index is 1140. The number of carbonyl (C=O) groups is 2. The van der Waals surface area contributed by atoms with Gasteiger partial charge in [-0.05, 0) is 54.1 Å².